The summed E-state index contributed by atoms with van der Waals surface area (Å²) in [6.07, 6.45) is 7.06. The van der Waals surface area contributed by atoms with Crippen LogP contribution in [0.1, 0.15) is 38.5 Å². The van der Waals surface area contributed by atoms with E-state index in [1.807, 2.05) is 0 Å². The largest absolute Gasteiger partial charge is 0.497 e. The number of ether oxygens (including phenoxy) is 2. The Kier molecular flexibility index (Phi) is 8.66. The maximum absolute atomic E-state index is 13.1. The van der Waals surface area contributed by atoms with Crippen molar-refractivity contribution in [2.24, 2.45) is 0 Å². The second-order valence-corrected chi connectivity index (χ2v) is 9.68. The van der Waals surface area contributed by atoms with E-state index in [1.165, 1.54) is 35.5 Å². The van der Waals surface area contributed by atoms with Crippen molar-refractivity contribution in [3.8, 4) is 5.75 Å². The lowest BCUT2D eigenvalue weighted by molar-refractivity contribution is -0.140. The fourth-order valence-electron chi connectivity index (χ4n) is 3.79. The van der Waals surface area contributed by atoms with Crippen molar-refractivity contribution in [2.75, 3.05) is 33.4 Å². The van der Waals surface area contributed by atoms with Gasteiger partial charge in [0.15, 0.2) is 0 Å². The molecule has 32 heavy (non-hydrogen) atoms. The molecule has 0 radical (unpaired) electrons. The number of nitrogens with zero attached hydrogens (tertiary/aromatic N) is 1. The lowest BCUT2D eigenvalue weighted by atomic mass is 9.97. The van der Waals surface area contributed by atoms with Crippen molar-refractivity contribution < 1.29 is 27.5 Å². The molecule has 0 saturated carbocycles. The van der Waals surface area contributed by atoms with Gasteiger partial charge in [-0.2, -0.15) is 4.31 Å². The van der Waals surface area contributed by atoms with E-state index in [4.69, 9.17) is 9.47 Å². The van der Waals surface area contributed by atoms with Crippen LogP contribution in [0.3, 0.4) is 0 Å². The molecule has 1 aliphatic carbocycles. The summed E-state index contributed by atoms with van der Waals surface area (Å²) in [5.74, 6) is -0.992. The molecule has 1 fully saturated rings. The van der Waals surface area contributed by atoms with E-state index in [-0.39, 0.29) is 18.0 Å². The minimum atomic E-state index is -3.84. The Hall–Kier alpha value is -2.43. The minimum absolute atomic E-state index is 0.106. The zero-order valence-electron chi connectivity index (χ0n) is 18.3. The van der Waals surface area contributed by atoms with Gasteiger partial charge >= 0.3 is 11.8 Å². The Balaban J connectivity index is 1.53. The molecule has 1 atom stereocenters. The Morgan fingerprint density at radius 1 is 1.12 bits per heavy atom. The lowest BCUT2D eigenvalue weighted by Gasteiger charge is -2.34. The quantitative estimate of drug-likeness (QED) is 0.445. The molecule has 1 aromatic carbocycles. The van der Waals surface area contributed by atoms with Crippen molar-refractivity contribution in [3.05, 3.63) is 35.9 Å². The molecule has 10 heteroatoms. The Bertz CT molecular complexity index is 929. The second kappa shape index (κ2) is 11.4. The predicted molar refractivity (Wildman–Crippen MR) is 118 cm³/mol. The van der Waals surface area contributed by atoms with Gasteiger partial charge in [0, 0.05) is 13.1 Å². The number of sulfonamides is 1. The van der Waals surface area contributed by atoms with Crippen LogP contribution in [0, 0.1) is 0 Å². The molecule has 0 spiro atoms. The Morgan fingerprint density at radius 2 is 1.88 bits per heavy atom. The van der Waals surface area contributed by atoms with Crippen molar-refractivity contribution >= 4 is 21.8 Å². The number of rotatable bonds is 8. The third-order valence-corrected chi connectivity index (χ3v) is 7.48. The number of carbonyl (C=O) groups excluding carboxylic acids is 2. The summed E-state index contributed by atoms with van der Waals surface area (Å²) in [6, 6.07) is 6.07. The van der Waals surface area contributed by atoms with Gasteiger partial charge in [0.1, 0.15) is 12.0 Å². The summed E-state index contributed by atoms with van der Waals surface area (Å²) in [5.41, 5.74) is 1.31. The smallest absolute Gasteiger partial charge is 0.309 e. The fraction of sp³-hybridized carbons (Fsp3) is 0.545. The second-order valence-electron chi connectivity index (χ2n) is 7.79. The predicted octanol–water partition coefficient (Wildman–Crippen LogP) is 1.56. The van der Waals surface area contributed by atoms with Gasteiger partial charge < -0.3 is 20.1 Å². The molecule has 1 heterocycles. The molecule has 0 aromatic heterocycles. The van der Waals surface area contributed by atoms with E-state index in [2.05, 4.69) is 16.7 Å². The molecule has 9 nitrogen and oxygen atoms in total. The van der Waals surface area contributed by atoms with Gasteiger partial charge in [-0.1, -0.05) is 11.6 Å². The number of carbonyl (C=O) groups is 2. The number of benzene rings is 1. The molecule has 0 bridgehead atoms. The Labute approximate surface area is 189 Å². The maximum atomic E-state index is 13.1. The summed E-state index contributed by atoms with van der Waals surface area (Å²) in [6.45, 7) is 0.912. The van der Waals surface area contributed by atoms with Crippen LogP contribution < -0.4 is 15.4 Å². The van der Waals surface area contributed by atoms with Gasteiger partial charge in [-0.15, -0.1) is 0 Å². The van der Waals surface area contributed by atoms with Crippen LogP contribution in [0.25, 0.3) is 0 Å². The van der Waals surface area contributed by atoms with E-state index in [9.17, 15) is 18.0 Å². The first-order chi connectivity index (χ1) is 15.4. The summed E-state index contributed by atoms with van der Waals surface area (Å²) in [7, 11) is -2.33. The van der Waals surface area contributed by atoms with Crippen LogP contribution in [0.5, 0.6) is 5.75 Å². The van der Waals surface area contributed by atoms with Crippen LogP contribution in [0.2, 0.25) is 0 Å². The van der Waals surface area contributed by atoms with Gasteiger partial charge in [-0.3, -0.25) is 9.59 Å². The van der Waals surface area contributed by atoms with Gasteiger partial charge in [-0.05, 0) is 62.8 Å². The molecular formula is C22H31N3O6S. The number of hydrogen-bond acceptors (Lipinski definition) is 6. The van der Waals surface area contributed by atoms with Crippen LogP contribution in [-0.4, -0.2) is 64.1 Å². The molecule has 2 N–H and O–H groups in total. The van der Waals surface area contributed by atoms with Gasteiger partial charge in [-0.25, -0.2) is 8.42 Å². The van der Waals surface area contributed by atoms with Crippen LogP contribution in [0.4, 0.5) is 0 Å². The zero-order chi connectivity index (χ0) is 23.0. The van der Waals surface area contributed by atoms with Crippen molar-refractivity contribution in [3.63, 3.8) is 0 Å². The number of allylic oxidation sites excluding steroid dienone is 1. The summed E-state index contributed by atoms with van der Waals surface area (Å²) in [5, 5.41) is 5.11. The number of amides is 2. The molecular weight excluding hydrogens is 434 g/mol. The van der Waals surface area contributed by atoms with E-state index in [0.29, 0.717) is 25.3 Å². The van der Waals surface area contributed by atoms with Crippen molar-refractivity contribution in [1.82, 2.24) is 14.9 Å². The number of nitrogens with one attached hydrogen (secondary N) is 2. The van der Waals surface area contributed by atoms with E-state index >= 15 is 0 Å². The third kappa shape index (κ3) is 6.30. The van der Waals surface area contributed by atoms with E-state index in [1.54, 1.807) is 12.1 Å². The summed E-state index contributed by atoms with van der Waals surface area (Å²) < 4.78 is 38.0. The average Bonchev–Trinajstić information content (AvgIpc) is 2.83. The van der Waals surface area contributed by atoms with E-state index in [0.717, 1.165) is 25.7 Å². The zero-order valence-corrected chi connectivity index (χ0v) is 19.2. The molecule has 2 amide bonds. The molecule has 1 aliphatic heterocycles. The van der Waals surface area contributed by atoms with Gasteiger partial charge in [0.05, 0.1) is 25.2 Å². The summed E-state index contributed by atoms with van der Waals surface area (Å²) in [4.78, 5) is 24.4. The first kappa shape index (κ1) is 24.2. The minimum Gasteiger partial charge on any atom is -0.497 e. The standard InChI is InChI=1S/C22H31N3O6S/c1-30-18-8-10-19(11-9-18)32(28,29)25-14-5-15-31-20(25)16-24-22(27)21(26)23-13-12-17-6-3-2-4-7-17/h6,8-11,20H,2-5,7,12-16H2,1H3,(H,23,26)(H,24,27). The highest BCUT2D eigenvalue weighted by atomic mass is 32.2. The highest BCUT2D eigenvalue weighted by Crippen LogP contribution is 2.24. The highest BCUT2D eigenvalue weighted by molar-refractivity contribution is 7.89. The number of methoxy groups -OCH3 is 1. The maximum Gasteiger partial charge on any atom is 0.309 e. The topological polar surface area (TPSA) is 114 Å². The van der Waals surface area contributed by atoms with Gasteiger partial charge in [0.25, 0.3) is 0 Å². The van der Waals surface area contributed by atoms with Crippen LogP contribution >= 0.6 is 0 Å². The van der Waals surface area contributed by atoms with Crippen LogP contribution in [0.15, 0.2) is 40.8 Å². The third-order valence-electron chi connectivity index (χ3n) is 5.58. The van der Waals surface area contributed by atoms with E-state index < -0.39 is 28.1 Å². The molecule has 1 saturated heterocycles. The fourth-order valence-corrected chi connectivity index (χ4v) is 5.36. The van der Waals surface area contributed by atoms with Gasteiger partial charge in [0.2, 0.25) is 10.0 Å². The van der Waals surface area contributed by atoms with Crippen LogP contribution in [-0.2, 0) is 24.3 Å². The first-order valence-electron chi connectivity index (χ1n) is 10.9. The molecule has 1 aromatic rings. The average molecular weight is 466 g/mol. The molecule has 176 valence electrons. The highest BCUT2D eigenvalue weighted by Gasteiger charge is 2.35. The molecule has 3 rings (SSSR count). The number of hydrogen-bond donors (Lipinski definition) is 2. The van der Waals surface area contributed by atoms with Crippen molar-refractivity contribution in [2.45, 2.75) is 49.6 Å². The molecule has 1 unspecified atom stereocenters. The Morgan fingerprint density at radius 3 is 2.56 bits per heavy atom. The monoisotopic (exact) mass is 465 g/mol. The summed E-state index contributed by atoms with van der Waals surface area (Å²) >= 11 is 0. The first-order valence-corrected chi connectivity index (χ1v) is 12.4. The molecule has 2 aliphatic rings. The SMILES string of the molecule is COc1ccc(S(=O)(=O)N2CCCOC2CNC(=O)C(=O)NCCC2=CCCCC2)cc1. The lowest BCUT2D eigenvalue weighted by Crippen LogP contribution is -2.53. The normalized spacial score (nSPS) is 19.7. The van der Waals surface area contributed by atoms with Crippen molar-refractivity contribution in [1.29, 1.82) is 0 Å².